The Balaban J connectivity index is 1.57. The Morgan fingerprint density at radius 2 is 1.78 bits per heavy atom. The van der Waals surface area contributed by atoms with E-state index in [9.17, 15) is 0 Å². The van der Waals surface area contributed by atoms with Crippen molar-refractivity contribution < 1.29 is 9.15 Å². The highest BCUT2D eigenvalue weighted by molar-refractivity contribution is 5.54. The first-order valence-electron chi connectivity index (χ1n) is 7.73. The summed E-state index contributed by atoms with van der Waals surface area (Å²) in [5, 5.41) is 0. The summed E-state index contributed by atoms with van der Waals surface area (Å²) >= 11 is 0. The zero-order valence-corrected chi connectivity index (χ0v) is 13.3. The molecule has 0 aliphatic rings. The monoisotopic (exact) mass is 306 g/mol. The van der Waals surface area contributed by atoms with Gasteiger partial charge in [0, 0.05) is 12.0 Å². The van der Waals surface area contributed by atoms with Gasteiger partial charge in [-0.1, -0.05) is 42.5 Å². The number of benzene rings is 2. The molecular formula is C20H20NO2. The Morgan fingerprint density at radius 1 is 1.04 bits per heavy atom. The summed E-state index contributed by atoms with van der Waals surface area (Å²) in [6.45, 7) is 7.07. The molecule has 0 spiro atoms. The predicted molar refractivity (Wildman–Crippen MR) is 90.9 cm³/mol. The van der Waals surface area contributed by atoms with Gasteiger partial charge in [-0.3, -0.25) is 0 Å². The van der Waals surface area contributed by atoms with Crippen LogP contribution in [-0.2, 0) is 17.8 Å². The van der Waals surface area contributed by atoms with Crippen LogP contribution in [0.2, 0.25) is 0 Å². The van der Waals surface area contributed by atoms with Crippen molar-refractivity contribution in [3.63, 3.8) is 0 Å². The topological polar surface area (TPSA) is 35.3 Å². The average molecular weight is 306 g/mol. The van der Waals surface area contributed by atoms with Crippen LogP contribution in [0.25, 0.3) is 11.5 Å². The molecule has 0 bridgehead atoms. The molecule has 117 valence electrons. The average Bonchev–Trinajstić information content (AvgIpc) is 2.94. The number of oxazole rings is 1. The standard InChI is InChI=1S/C20H20NO2/c1-15-8-10-18(11-9-15)20-21-19(16(2)23-20)12-13-22-14-17-6-4-3-5-7-17/h3-11H,1,12-14H2,2H3. The lowest BCUT2D eigenvalue weighted by atomic mass is 10.1. The summed E-state index contributed by atoms with van der Waals surface area (Å²) in [4.78, 5) is 4.59. The van der Waals surface area contributed by atoms with Crippen LogP contribution in [0.3, 0.4) is 0 Å². The summed E-state index contributed by atoms with van der Waals surface area (Å²) in [6.07, 6.45) is 0.746. The molecule has 1 radical (unpaired) electrons. The van der Waals surface area contributed by atoms with E-state index in [2.05, 4.69) is 24.0 Å². The summed E-state index contributed by atoms with van der Waals surface area (Å²) in [6, 6.07) is 18.0. The van der Waals surface area contributed by atoms with Crippen molar-refractivity contribution in [1.29, 1.82) is 0 Å². The van der Waals surface area contributed by atoms with Gasteiger partial charge in [0.15, 0.2) is 0 Å². The molecule has 3 rings (SSSR count). The van der Waals surface area contributed by atoms with E-state index in [1.54, 1.807) is 0 Å². The maximum Gasteiger partial charge on any atom is 0.226 e. The van der Waals surface area contributed by atoms with Crippen molar-refractivity contribution in [3.05, 3.63) is 84.1 Å². The predicted octanol–water partition coefficient (Wildman–Crippen LogP) is 4.59. The van der Waals surface area contributed by atoms with Crippen LogP contribution in [0.1, 0.15) is 22.6 Å². The molecule has 3 nitrogen and oxygen atoms in total. The van der Waals surface area contributed by atoms with Gasteiger partial charge in [-0.2, -0.15) is 0 Å². The van der Waals surface area contributed by atoms with E-state index in [-0.39, 0.29) is 0 Å². The lowest BCUT2D eigenvalue weighted by molar-refractivity contribution is 0.123. The highest BCUT2D eigenvalue weighted by Crippen LogP contribution is 2.22. The quantitative estimate of drug-likeness (QED) is 0.625. The van der Waals surface area contributed by atoms with Crippen molar-refractivity contribution in [1.82, 2.24) is 4.98 Å². The van der Waals surface area contributed by atoms with Crippen molar-refractivity contribution >= 4 is 0 Å². The minimum atomic E-state index is 0.621. The summed E-state index contributed by atoms with van der Waals surface area (Å²) in [7, 11) is 0. The fourth-order valence-corrected chi connectivity index (χ4v) is 2.36. The van der Waals surface area contributed by atoms with Gasteiger partial charge in [0.25, 0.3) is 0 Å². The molecule has 2 aromatic carbocycles. The number of hydrogen-bond donors (Lipinski definition) is 0. The normalized spacial score (nSPS) is 10.9. The molecular weight excluding hydrogens is 286 g/mol. The maximum atomic E-state index is 5.77. The van der Waals surface area contributed by atoms with Gasteiger partial charge in [0.05, 0.1) is 18.9 Å². The molecule has 0 unspecified atom stereocenters. The lowest BCUT2D eigenvalue weighted by Crippen LogP contribution is -2.00. The number of hydrogen-bond acceptors (Lipinski definition) is 3. The molecule has 1 heterocycles. The first-order chi connectivity index (χ1) is 11.2. The van der Waals surface area contributed by atoms with Gasteiger partial charge in [-0.05, 0) is 37.1 Å². The fourth-order valence-electron chi connectivity index (χ4n) is 2.36. The Morgan fingerprint density at radius 3 is 2.52 bits per heavy atom. The van der Waals surface area contributed by atoms with Crippen LogP contribution >= 0.6 is 0 Å². The second kappa shape index (κ2) is 7.25. The molecule has 0 saturated carbocycles. The Bertz CT molecular complexity index is 745. The van der Waals surface area contributed by atoms with Gasteiger partial charge in [-0.25, -0.2) is 4.98 Å². The maximum absolute atomic E-state index is 5.77. The molecule has 0 fully saturated rings. The van der Waals surface area contributed by atoms with E-state index in [1.165, 1.54) is 5.56 Å². The summed E-state index contributed by atoms with van der Waals surface area (Å²) in [5.41, 5.74) is 4.08. The van der Waals surface area contributed by atoms with Gasteiger partial charge in [0.1, 0.15) is 5.76 Å². The molecule has 0 aliphatic carbocycles. The lowest BCUT2D eigenvalue weighted by Gasteiger charge is -2.03. The highest BCUT2D eigenvalue weighted by atomic mass is 16.5. The zero-order chi connectivity index (χ0) is 16.1. The van der Waals surface area contributed by atoms with E-state index in [0.29, 0.717) is 19.1 Å². The zero-order valence-electron chi connectivity index (χ0n) is 13.3. The Kier molecular flexibility index (Phi) is 4.89. The number of ether oxygens (including phenoxy) is 1. The summed E-state index contributed by atoms with van der Waals surface area (Å²) < 4.78 is 11.5. The van der Waals surface area contributed by atoms with E-state index in [1.807, 2.05) is 49.4 Å². The van der Waals surface area contributed by atoms with Gasteiger partial charge < -0.3 is 9.15 Å². The van der Waals surface area contributed by atoms with Crippen LogP contribution in [-0.4, -0.2) is 11.6 Å². The third-order valence-corrected chi connectivity index (χ3v) is 3.69. The Labute approximate surface area is 136 Å². The molecule has 0 atom stereocenters. The first kappa shape index (κ1) is 15.5. The molecule has 0 N–H and O–H groups in total. The van der Waals surface area contributed by atoms with Crippen LogP contribution in [0.4, 0.5) is 0 Å². The fraction of sp³-hybridized carbons (Fsp3) is 0.200. The van der Waals surface area contributed by atoms with E-state index >= 15 is 0 Å². The minimum absolute atomic E-state index is 0.621. The number of nitrogens with zero attached hydrogens (tertiary/aromatic N) is 1. The first-order valence-corrected chi connectivity index (χ1v) is 7.73. The van der Waals surface area contributed by atoms with Crippen LogP contribution in [0, 0.1) is 13.8 Å². The van der Waals surface area contributed by atoms with E-state index < -0.39 is 0 Å². The summed E-state index contributed by atoms with van der Waals surface area (Å²) in [5.74, 6) is 1.50. The van der Waals surface area contributed by atoms with Gasteiger partial charge >= 0.3 is 0 Å². The molecule has 23 heavy (non-hydrogen) atoms. The third-order valence-electron chi connectivity index (χ3n) is 3.69. The second-order valence-corrected chi connectivity index (χ2v) is 5.51. The molecule has 3 aromatic rings. The van der Waals surface area contributed by atoms with Crippen LogP contribution in [0.5, 0.6) is 0 Å². The van der Waals surface area contributed by atoms with Crippen molar-refractivity contribution in [2.24, 2.45) is 0 Å². The largest absolute Gasteiger partial charge is 0.441 e. The van der Waals surface area contributed by atoms with E-state index in [0.717, 1.165) is 29.0 Å². The Hall–Kier alpha value is -2.39. The highest BCUT2D eigenvalue weighted by Gasteiger charge is 2.11. The van der Waals surface area contributed by atoms with Crippen LogP contribution in [0.15, 0.2) is 59.0 Å². The minimum Gasteiger partial charge on any atom is -0.441 e. The van der Waals surface area contributed by atoms with Crippen molar-refractivity contribution in [2.45, 2.75) is 20.0 Å². The molecule has 1 aromatic heterocycles. The number of aromatic nitrogens is 1. The van der Waals surface area contributed by atoms with Crippen LogP contribution < -0.4 is 0 Å². The van der Waals surface area contributed by atoms with Gasteiger partial charge in [0.2, 0.25) is 5.89 Å². The third kappa shape index (κ3) is 4.08. The number of aryl methyl sites for hydroxylation is 1. The number of rotatable bonds is 6. The molecule has 0 aliphatic heterocycles. The van der Waals surface area contributed by atoms with Gasteiger partial charge in [-0.15, -0.1) is 0 Å². The molecule has 3 heteroatoms. The molecule has 0 amide bonds. The second-order valence-electron chi connectivity index (χ2n) is 5.51. The SMILES string of the molecule is [CH2]c1ccc(-c2nc(CCOCc3ccccc3)c(C)o2)cc1. The van der Waals surface area contributed by atoms with E-state index in [4.69, 9.17) is 9.15 Å². The van der Waals surface area contributed by atoms with Crippen molar-refractivity contribution in [2.75, 3.05) is 6.61 Å². The van der Waals surface area contributed by atoms with Crippen molar-refractivity contribution in [3.8, 4) is 11.5 Å². The molecule has 0 saturated heterocycles. The smallest absolute Gasteiger partial charge is 0.226 e.